The van der Waals surface area contributed by atoms with Gasteiger partial charge in [0.25, 0.3) is 0 Å². The molecular formula is C21H23NO5S. The zero-order valence-electron chi connectivity index (χ0n) is 16.1. The van der Waals surface area contributed by atoms with Gasteiger partial charge >= 0.3 is 5.97 Å². The van der Waals surface area contributed by atoms with E-state index >= 15 is 0 Å². The predicted octanol–water partition coefficient (Wildman–Crippen LogP) is 4.03. The number of ether oxygens (including phenoxy) is 1. The van der Waals surface area contributed by atoms with E-state index in [1.807, 2.05) is 43.3 Å². The lowest BCUT2D eigenvalue weighted by Gasteiger charge is -2.09. The Morgan fingerprint density at radius 2 is 1.79 bits per heavy atom. The number of Topliss-reactive ketones (excluding diaryl/α,β-unsaturated/α-hetero) is 1. The third kappa shape index (κ3) is 6.21. The quantitative estimate of drug-likeness (QED) is 0.296. The van der Waals surface area contributed by atoms with Crippen LogP contribution in [0, 0.1) is 6.92 Å². The highest BCUT2D eigenvalue weighted by Crippen LogP contribution is 2.30. The van der Waals surface area contributed by atoms with Crippen LogP contribution in [0.25, 0.3) is 0 Å². The van der Waals surface area contributed by atoms with Gasteiger partial charge in [0, 0.05) is 21.8 Å². The van der Waals surface area contributed by atoms with Gasteiger partial charge in [0.15, 0.2) is 0 Å². The molecule has 28 heavy (non-hydrogen) atoms. The first-order valence-electron chi connectivity index (χ1n) is 8.86. The summed E-state index contributed by atoms with van der Waals surface area (Å²) in [6.07, 6.45) is 0.199. The van der Waals surface area contributed by atoms with Crippen LogP contribution < -0.4 is 4.74 Å². The van der Waals surface area contributed by atoms with Gasteiger partial charge in [-0.2, -0.15) is 0 Å². The molecule has 0 saturated heterocycles. The van der Waals surface area contributed by atoms with E-state index in [0.717, 1.165) is 15.4 Å². The molecule has 0 heterocycles. The van der Waals surface area contributed by atoms with E-state index < -0.39 is 5.97 Å². The van der Waals surface area contributed by atoms with Gasteiger partial charge in [-0.3, -0.25) is 4.79 Å². The maximum atomic E-state index is 12.5. The molecule has 6 nitrogen and oxygen atoms in total. The Kier molecular flexibility index (Phi) is 8.22. The van der Waals surface area contributed by atoms with E-state index in [2.05, 4.69) is 9.99 Å². The molecule has 0 saturated carbocycles. The highest BCUT2D eigenvalue weighted by atomic mass is 32.2. The van der Waals surface area contributed by atoms with Crippen LogP contribution in [-0.2, 0) is 9.63 Å². The summed E-state index contributed by atoms with van der Waals surface area (Å²) < 4.78 is 5.35. The lowest BCUT2D eigenvalue weighted by Crippen LogP contribution is -2.13. The maximum absolute atomic E-state index is 12.5. The summed E-state index contributed by atoms with van der Waals surface area (Å²) >= 11 is 1.56. The van der Waals surface area contributed by atoms with Crippen molar-refractivity contribution in [1.82, 2.24) is 0 Å². The molecular weight excluding hydrogens is 378 g/mol. The largest absolute Gasteiger partial charge is 0.491 e. The number of oxime groups is 1. The summed E-state index contributed by atoms with van der Waals surface area (Å²) in [5, 5.41) is 12.4. The van der Waals surface area contributed by atoms with E-state index in [4.69, 9.17) is 9.84 Å². The fourth-order valence-electron chi connectivity index (χ4n) is 2.28. The van der Waals surface area contributed by atoms with E-state index in [1.54, 1.807) is 24.8 Å². The lowest BCUT2D eigenvalue weighted by atomic mass is 10.0. The number of carbonyl (C=O) groups is 2. The molecule has 2 aromatic rings. The summed E-state index contributed by atoms with van der Waals surface area (Å²) in [6, 6.07) is 13.1. The summed E-state index contributed by atoms with van der Waals surface area (Å²) in [5.41, 5.74) is 1.46. The van der Waals surface area contributed by atoms with Crippen molar-refractivity contribution < 1.29 is 24.3 Å². The van der Waals surface area contributed by atoms with Crippen LogP contribution in [0.3, 0.4) is 0 Å². The van der Waals surface area contributed by atoms with Crippen LogP contribution in [0.15, 0.2) is 57.4 Å². The maximum Gasteiger partial charge on any atom is 0.334 e. The molecule has 0 aliphatic heterocycles. The molecule has 0 aliphatic rings. The van der Waals surface area contributed by atoms with E-state index in [1.165, 1.54) is 6.92 Å². The minimum absolute atomic E-state index is 0.0218. The number of hydrogen-bond acceptors (Lipinski definition) is 7. The van der Waals surface area contributed by atoms with E-state index in [-0.39, 0.29) is 31.1 Å². The number of nitrogens with zero attached hydrogens (tertiary/aromatic N) is 1. The molecule has 2 rings (SSSR count). The van der Waals surface area contributed by atoms with Gasteiger partial charge in [-0.1, -0.05) is 23.8 Å². The number of rotatable bonds is 9. The summed E-state index contributed by atoms with van der Waals surface area (Å²) in [4.78, 5) is 30.4. The molecule has 0 amide bonds. The van der Waals surface area contributed by atoms with Crippen molar-refractivity contribution in [2.24, 2.45) is 5.16 Å². The molecule has 1 N–H and O–H groups in total. The van der Waals surface area contributed by atoms with Crippen molar-refractivity contribution in [3.8, 4) is 5.75 Å². The second kappa shape index (κ2) is 10.6. The first-order chi connectivity index (χ1) is 13.4. The smallest absolute Gasteiger partial charge is 0.334 e. The Morgan fingerprint density at radius 3 is 2.39 bits per heavy atom. The second-order valence-electron chi connectivity index (χ2n) is 5.94. The van der Waals surface area contributed by atoms with E-state index in [0.29, 0.717) is 11.3 Å². The van der Waals surface area contributed by atoms with Crippen molar-refractivity contribution >= 4 is 29.2 Å². The van der Waals surface area contributed by atoms with Gasteiger partial charge in [0.1, 0.15) is 18.1 Å². The number of ketones is 1. The fourth-order valence-corrected chi connectivity index (χ4v) is 3.19. The van der Waals surface area contributed by atoms with Crippen LogP contribution in [-0.4, -0.2) is 35.8 Å². The monoisotopic (exact) mass is 401 g/mol. The molecule has 0 aromatic heterocycles. The van der Waals surface area contributed by atoms with Gasteiger partial charge in [-0.25, -0.2) is 4.79 Å². The van der Waals surface area contributed by atoms with Crippen molar-refractivity contribution in [3.63, 3.8) is 0 Å². The van der Waals surface area contributed by atoms with Gasteiger partial charge in [-0.05, 0) is 61.9 Å². The Bertz CT molecular complexity index is 862. The molecule has 0 atom stereocenters. The number of aliphatic hydroxyl groups is 1. The summed E-state index contributed by atoms with van der Waals surface area (Å²) in [6.45, 7) is 5.28. The molecule has 0 spiro atoms. The van der Waals surface area contributed by atoms with Gasteiger partial charge < -0.3 is 14.7 Å². The lowest BCUT2D eigenvalue weighted by molar-refractivity contribution is -0.143. The Morgan fingerprint density at radius 1 is 1.11 bits per heavy atom. The van der Waals surface area contributed by atoms with Crippen molar-refractivity contribution in [2.45, 2.75) is 37.0 Å². The summed E-state index contributed by atoms with van der Waals surface area (Å²) in [5.74, 6) is -0.0548. The van der Waals surface area contributed by atoms with Crippen LogP contribution in [0.5, 0.6) is 5.75 Å². The zero-order chi connectivity index (χ0) is 20.5. The molecule has 0 fully saturated rings. The Balaban J connectivity index is 2.07. The van der Waals surface area contributed by atoms with Gasteiger partial charge in [0.2, 0.25) is 5.78 Å². The van der Waals surface area contributed by atoms with Crippen molar-refractivity contribution in [2.75, 3.05) is 13.2 Å². The van der Waals surface area contributed by atoms with Gasteiger partial charge in [0.05, 0.1) is 6.61 Å². The third-order valence-corrected chi connectivity index (χ3v) is 4.76. The SMILES string of the molecule is CCC(=O)O/N=C(\C)C(=O)c1ccc(Sc2ccc(OCCO)cc2)cc1C. The number of carbonyl (C=O) groups excluding carboxylic acids is 2. The van der Waals surface area contributed by atoms with Crippen molar-refractivity contribution in [3.05, 3.63) is 53.6 Å². The molecule has 0 bridgehead atoms. The average molecular weight is 401 g/mol. The zero-order valence-corrected chi connectivity index (χ0v) is 16.9. The minimum atomic E-state index is -0.483. The summed E-state index contributed by atoms with van der Waals surface area (Å²) in [7, 11) is 0. The number of aliphatic hydroxyl groups excluding tert-OH is 1. The molecule has 0 unspecified atom stereocenters. The van der Waals surface area contributed by atoms with Crippen LogP contribution in [0.2, 0.25) is 0 Å². The second-order valence-corrected chi connectivity index (χ2v) is 7.09. The average Bonchev–Trinajstić information content (AvgIpc) is 2.70. The van der Waals surface area contributed by atoms with Crippen molar-refractivity contribution in [1.29, 1.82) is 0 Å². The third-order valence-electron chi connectivity index (χ3n) is 3.76. The van der Waals surface area contributed by atoms with E-state index in [9.17, 15) is 9.59 Å². The van der Waals surface area contributed by atoms with Gasteiger partial charge in [-0.15, -0.1) is 0 Å². The molecule has 2 aromatic carbocycles. The number of benzene rings is 2. The number of hydrogen-bond donors (Lipinski definition) is 1. The highest BCUT2D eigenvalue weighted by molar-refractivity contribution is 7.99. The van der Waals surface area contributed by atoms with Crippen LogP contribution in [0.1, 0.15) is 36.2 Å². The Labute approximate surface area is 168 Å². The minimum Gasteiger partial charge on any atom is -0.491 e. The Hall–Kier alpha value is -2.64. The van der Waals surface area contributed by atoms with Crippen LogP contribution in [0.4, 0.5) is 0 Å². The molecule has 7 heteroatoms. The molecule has 0 radical (unpaired) electrons. The fraction of sp³-hybridized carbons (Fsp3) is 0.286. The predicted molar refractivity (Wildman–Crippen MR) is 108 cm³/mol. The molecule has 148 valence electrons. The molecule has 0 aliphatic carbocycles. The normalized spacial score (nSPS) is 11.2. The highest BCUT2D eigenvalue weighted by Gasteiger charge is 2.14. The standard InChI is InChI=1S/C21H23NO5S/c1-4-20(24)27-22-15(3)21(25)19-10-9-18(13-14(19)2)28-17-7-5-16(6-8-17)26-12-11-23/h5-10,13,23H,4,11-12H2,1-3H3/b22-15+. The first kappa shape index (κ1) is 21.7. The van der Waals surface area contributed by atoms with Crippen LogP contribution >= 0.6 is 11.8 Å². The number of aryl methyl sites for hydroxylation is 1. The topological polar surface area (TPSA) is 85.2 Å². The first-order valence-corrected chi connectivity index (χ1v) is 9.67.